The number of para-hydroxylation sites is 1. The lowest BCUT2D eigenvalue weighted by Crippen LogP contribution is -2.16. The van der Waals surface area contributed by atoms with Crippen LogP contribution in [0, 0.1) is 0 Å². The maximum absolute atomic E-state index is 13.4. The Kier molecular flexibility index (Phi) is 4.94. The Labute approximate surface area is 181 Å². The van der Waals surface area contributed by atoms with Crippen molar-refractivity contribution in [2.45, 2.75) is 25.7 Å². The van der Waals surface area contributed by atoms with Gasteiger partial charge in [-0.25, -0.2) is 4.98 Å². The van der Waals surface area contributed by atoms with Crippen LogP contribution in [0.5, 0.6) is 0 Å². The number of nitrogens with zero attached hydrogens (tertiary/aromatic N) is 1. The zero-order chi connectivity index (χ0) is 19.8. The number of hydrogen-bond acceptors (Lipinski definition) is 3. The van der Waals surface area contributed by atoms with Crippen molar-refractivity contribution in [3.05, 3.63) is 81.1 Å². The van der Waals surface area contributed by atoms with Crippen molar-refractivity contribution in [1.29, 1.82) is 0 Å². The van der Waals surface area contributed by atoms with Crippen LogP contribution in [0.1, 0.15) is 34.3 Å². The van der Waals surface area contributed by atoms with E-state index >= 15 is 0 Å². The summed E-state index contributed by atoms with van der Waals surface area (Å²) in [5, 5.41) is 4.06. The molecule has 1 N–H and O–H groups in total. The molecule has 5 heteroatoms. The summed E-state index contributed by atoms with van der Waals surface area (Å²) in [4.78, 5) is 19.2. The number of hydrogen-bond donors (Lipinski definition) is 1. The van der Waals surface area contributed by atoms with Gasteiger partial charge >= 0.3 is 0 Å². The number of anilines is 1. The first-order valence-corrected chi connectivity index (χ1v) is 11.4. The average Bonchev–Trinajstić information content (AvgIpc) is 3.19. The third kappa shape index (κ3) is 3.61. The predicted octanol–water partition coefficient (Wildman–Crippen LogP) is 6.86. The number of aromatic nitrogens is 1. The molecule has 0 fully saturated rings. The van der Waals surface area contributed by atoms with E-state index in [1.54, 1.807) is 11.3 Å². The third-order valence-corrected chi connectivity index (χ3v) is 7.08. The van der Waals surface area contributed by atoms with Crippen molar-refractivity contribution in [2.75, 3.05) is 5.32 Å². The van der Waals surface area contributed by atoms with Crippen LogP contribution < -0.4 is 5.32 Å². The number of carbonyl (C=O) groups excluding carboxylic acids is 1. The summed E-state index contributed by atoms with van der Waals surface area (Å²) in [6.07, 6.45) is 4.51. The third-order valence-electron chi connectivity index (χ3n) is 5.43. The largest absolute Gasteiger partial charge is 0.322 e. The molecule has 0 spiro atoms. The fourth-order valence-corrected chi connectivity index (χ4v) is 5.38. The molecular weight excluding hydrogens is 444 g/mol. The number of pyridine rings is 1. The van der Waals surface area contributed by atoms with Gasteiger partial charge in [-0.05, 0) is 83.1 Å². The van der Waals surface area contributed by atoms with Crippen LogP contribution in [0.3, 0.4) is 0 Å². The van der Waals surface area contributed by atoms with Crippen LogP contribution in [-0.4, -0.2) is 10.9 Å². The van der Waals surface area contributed by atoms with E-state index in [0.717, 1.165) is 43.8 Å². The van der Waals surface area contributed by atoms with Crippen LogP contribution in [0.15, 0.2) is 64.5 Å². The minimum absolute atomic E-state index is 0.0838. The lowest BCUT2D eigenvalue weighted by molar-refractivity contribution is 0.102. The molecule has 3 nitrogen and oxygen atoms in total. The summed E-state index contributed by atoms with van der Waals surface area (Å²) >= 11 is 5.13. The van der Waals surface area contributed by atoms with Gasteiger partial charge in [-0.3, -0.25) is 4.79 Å². The summed E-state index contributed by atoms with van der Waals surface area (Å²) in [6, 6.07) is 20.0. The van der Waals surface area contributed by atoms with Gasteiger partial charge in [-0.2, -0.15) is 0 Å². The zero-order valence-corrected chi connectivity index (χ0v) is 18.1. The van der Waals surface area contributed by atoms with Crippen molar-refractivity contribution in [2.24, 2.45) is 0 Å². The molecule has 2 heterocycles. The Morgan fingerprint density at radius 3 is 2.72 bits per heavy atom. The zero-order valence-electron chi connectivity index (χ0n) is 15.7. The molecule has 0 saturated heterocycles. The van der Waals surface area contributed by atoms with E-state index in [0.29, 0.717) is 5.56 Å². The monoisotopic (exact) mass is 462 g/mol. The predicted molar refractivity (Wildman–Crippen MR) is 124 cm³/mol. The number of rotatable bonds is 3. The lowest BCUT2D eigenvalue weighted by Gasteiger charge is -2.20. The summed E-state index contributed by atoms with van der Waals surface area (Å²) < 4.78 is 1.05. The van der Waals surface area contributed by atoms with E-state index in [9.17, 15) is 4.79 Å². The fraction of sp³-hybridized carbons (Fsp3) is 0.167. The molecule has 0 radical (unpaired) electrons. The standard InChI is InChI=1S/C24H19BrN2OS/c25-23-13-12-22(29-23)21-14-18(17-9-3-4-10-20(17)26-21)24(28)27-19-11-5-7-15-6-1-2-8-16(15)19/h3-5,7,9-14H,1-2,6,8H2,(H,27,28). The van der Waals surface area contributed by atoms with Crippen molar-refractivity contribution < 1.29 is 4.79 Å². The molecule has 0 atom stereocenters. The normalized spacial score (nSPS) is 13.3. The lowest BCUT2D eigenvalue weighted by atomic mass is 9.90. The number of benzene rings is 2. The molecular formula is C24H19BrN2OS. The van der Waals surface area contributed by atoms with Crippen LogP contribution in [0.25, 0.3) is 21.5 Å². The molecule has 0 bridgehead atoms. The quantitative estimate of drug-likeness (QED) is 0.361. The first kappa shape index (κ1) is 18.5. The van der Waals surface area contributed by atoms with Gasteiger partial charge < -0.3 is 5.32 Å². The van der Waals surface area contributed by atoms with E-state index < -0.39 is 0 Å². The van der Waals surface area contributed by atoms with Gasteiger partial charge in [-0.1, -0.05) is 30.3 Å². The average molecular weight is 463 g/mol. The minimum atomic E-state index is -0.0838. The highest BCUT2D eigenvalue weighted by atomic mass is 79.9. The van der Waals surface area contributed by atoms with Crippen molar-refractivity contribution in [1.82, 2.24) is 4.98 Å². The number of amides is 1. The number of carbonyl (C=O) groups is 1. The molecule has 1 aliphatic rings. The number of aryl methyl sites for hydroxylation is 1. The van der Waals surface area contributed by atoms with Gasteiger partial charge in [0, 0.05) is 11.1 Å². The molecule has 29 heavy (non-hydrogen) atoms. The molecule has 1 aliphatic carbocycles. The van der Waals surface area contributed by atoms with Gasteiger partial charge in [0.25, 0.3) is 5.91 Å². The summed E-state index contributed by atoms with van der Waals surface area (Å²) in [7, 11) is 0. The van der Waals surface area contributed by atoms with Gasteiger partial charge in [0.2, 0.25) is 0 Å². The number of halogens is 1. The highest BCUT2D eigenvalue weighted by Crippen LogP contribution is 2.33. The van der Waals surface area contributed by atoms with Crippen molar-refractivity contribution in [3.63, 3.8) is 0 Å². The number of fused-ring (bicyclic) bond motifs is 2. The highest BCUT2D eigenvalue weighted by molar-refractivity contribution is 9.11. The van der Waals surface area contributed by atoms with Gasteiger partial charge in [0.15, 0.2) is 0 Å². The SMILES string of the molecule is O=C(Nc1cccc2c1CCCC2)c1cc(-c2ccc(Br)s2)nc2ccccc12. The second-order valence-corrected chi connectivity index (χ2v) is 9.74. The minimum Gasteiger partial charge on any atom is -0.322 e. The highest BCUT2D eigenvalue weighted by Gasteiger charge is 2.18. The number of thiophene rings is 1. The second-order valence-electron chi connectivity index (χ2n) is 7.28. The maximum atomic E-state index is 13.4. The Morgan fingerprint density at radius 1 is 1.00 bits per heavy atom. The van der Waals surface area contributed by atoms with E-state index in [4.69, 9.17) is 4.98 Å². The molecule has 4 aromatic rings. The van der Waals surface area contributed by atoms with E-state index in [1.807, 2.05) is 54.6 Å². The van der Waals surface area contributed by atoms with Crippen molar-refractivity contribution in [3.8, 4) is 10.6 Å². The van der Waals surface area contributed by atoms with Crippen LogP contribution in [-0.2, 0) is 12.8 Å². The Hall–Kier alpha value is -2.50. The topological polar surface area (TPSA) is 42.0 Å². The summed E-state index contributed by atoms with van der Waals surface area (Å²) in [6.45, 7) is 0. The molecule has 0 aliphatic heterocycles. The van der Waals surface area contributed by atoms with E-state index in [1.165, 1.54) is 24.0 Å². The fourth-order valence-electron chi connectivity index (χ4n) is 4.03. The Bertz CT molecular complexity index is 1230. The molecule has 144 valence electrons. The smallest absolute Gasteiger partial charge is 0.256 e. The van der Waals surface area contributed by atoms with Crippen molar-refractivity contribution >= 4 is 49.8 Å². The molecule has 5 rings (SSSR count). The van der Waals surface area contributed by atoms with E-state index in [2.05, 4.69) is 27.3 Å². The van der Waals surface area contributed by atoms with Crippen LogP contribution >= 0.6 is 27.3 Å². The summed E-state index contributed by atoms with van der Waals surface area (Å²) in [5.41, 5.74) is 5.89. The molecule has 0 saturated carbocycles. The molecule has 1 amide bonds. The molecule has 0 unspecified atom stereocenters. The van der Waals surface area contributed by atoms with Gasteiger partial charge in [0.1, 0.15) is 0 Å². The molecule has 2 aromatic heterocycles. The molecule has 2 aromatic carbocycles. The first-order valence-electron chi connectivity index (χ1n) is 9.77. The summed E-state index contributed by atoms with van der Waals surface area (Å²) in [5.74, 6) is -0.0838. The first-order chi connectivity index (χ1) is 14.2. The van der Waals surface area contributed by atoms with E-state index in [-0.39, 0.29) is 5.91 Å². The Morgan fingerprint density at radius 2 is 1.86 bits per heavy atom. The van der Waals surface area contributed by atoms with Gasteiger partial charge in [-0.15, -0.1) is 11.3 Å². The van der Waals surface area contributed by atoms with Gasteiger partial charge in [0.05, 0.1) is 25.4 Å². The number of nitrogens with one attached hydrogen (secondary N) is 1. The van der Waals surface area contributed by atoms with Crippen LogP contribution in [0.4, 0.5) is 5.69 Å². The Balaban J connectivity index is 1.58. The van der Waals surface area contributed by atoms with Crippen LogP contribution in [0.2, 0.25) is 0 Å². The maximum Gasteiger partial charge on any atom is 0.256 e. The second kappa shape index (κ2) is 7.73.